The maximum atomic E-state index is 12.1. The maximum Gasteiger partial charge on any atom is 0.251 e. The number of hydrogen-bond acceptors (Lipinski definition) is 4. The second-order valence-electron chi connectivity index (χ2n) is 4.03. The monoisotopic (exact) mass is 251 g/mol. The first-order chi connectivity index (χ1) is 7.96. The lowest BCUT2D eigenvalue weighted by Gasteiger charge is -2.20. The molecule has 0 saturated heterocycles. The van der Waals surface area contributed by atoms with Crippen LogP contribution in [0.2, 0.25) is 0 Å². The zero-order valence-electron chi connectivity index (χ0n) is 9.42. The quantitative estimate of drug-likeness (QED) is 0.790. The van der Waals surface area contributed by atoms with Gasteiger partial charge in [-0.05, 0) is 31.0 Å². The lowest BCUT2D eigenvalue weighted by atomic mass is 10.1. The van der Waals surface area contributed by atoms with Crippen LogP contribution in [0.4, 0.5) is 11.4 Å². The fourth-order valence-electron chi connectivity index (χ4n) is 1.89. The van der Waals surface area contributed by atoms with E-state index >= 15 is 0 Å². The van der Waals surface area contributed by atoms with Gasteiger partial charge in [0.25, 0.3) is 10.0 Å². The van der Waals surface area contributed by atoms with Crippen molar-refractivity contribution in [1.82, 2.24) is 0 Å². The molecule has 6 heteroatoms. The molecule has 0 amide bonds. The van der Waals surface area contributed by atoms with E-state index in [9.17, 15) is 8.42 Å². The first-order valence-corrected chi connectivity index (χ1v) is 6.76. The highest BCUT2D eigenvalue weighted by Crippen LogP contribution is 2.33. The fraction of sp³-hybridized carbons (Fsp3) is 0.364. The van der Waals surface area contributed by atoms with E-state index in [2.05, 4.69) is 0 Å². The van der Waals surface area contributed by atoms with Gasteiger partial charge in [-0.1, -0.05) is 6.07 Å². The van der Waals surface area contributed by atoms with Crippen LogP contribution < -0.4 is 10.0 Å². The van der Waals surface area contributed by atoms with E-state index < -0.39 is 15.3 Å². The minimum absolute atomic E-state index is 0.382. The van der Waals surface area contributed by atoms with E-state index in [0.29, 0.717) is 24.3 Å². The average molecular weight is 251 g/mol. The number of nitrogen functional groups attached to an aromatic ring is 1. The lowest BCUT2D eigenvalue weighted by molar-refractivity contribution is 0.588. The van der Waals surface area contributed by atoms with Crippen LogP contribution in [0.1, 0.15) is 12.5 Å². The van der Waals surface area contributed by atoms with Crippen LogP contribution in [0.25, 0.3) is 0 Å². The molecule has 0 saturated carbocycles. The van der Waals surface area contributed by atoms with Crippen LogP contribution in [-0.2, 0) is 16.4 Å². The Morgan fingerprint density at radius 1 is 1.53 bits per heavy atom. The van der Waals surface area contributed by atoms with E-state index in [0.717, 1.165) is 5.56 Å². The molecule has 0 aromatic heterocycles. The molecular formula is C11H13N3O2S. The molecule has 1 aliphatic heterocycles. The SMILES string of the molecule is CC(C#N)S(=O)(=O)N1CCc2ccc(N)cc21. The molecule has 1 unspecified atom stereocenters. The van der Waals surface area contributed by atoms with Crippen molar-refractivity contribution in [3.8, 4) is 6.07 Å². The molecule has 5 nitrogen and oxygen atoms in total. The van der Waals surface area contributed by atoms with Crippen molar-refractivity contribution >= 4 is 21.4 Å². The number of fused-ring (bicyclic) bond motifs is 1. The smallest absolute Gasteiger partial charge is 0.251 e. The van der Waals surface area contributed by atoms with Crippen molar-refractivity contribution in [2.45, 2.75) is 18.6 Å². The molecule has 1 atom stereocenters. The summed E-state index contributed by atoms with van der Waals surface area (Å²) in [5, 5.41) is 7.71. The molecule has 0 radical (unpaired) electrons. The highest BCUT2D eigenvalue weighted by molar-refractivity contribution is 7.93. The third-order valence-corrected chi connectivity index (χ3v) is 4.89. The zero-order chi connectivity index (χ0) is 12.6. The molecule has 90 valence electrons. The topological polar surface area (TPSA) is 87.2 Å². The Bertz CT molecular complexity index is 589. The van der Waals surface area contributed by atoms with E-state index in [4.69, 9.17) is 11.0 Å². The Balaban J connectivity index is 2.48. The van der Waals surface area contributed by atoms with Crippen LogP contribution in [-0.4, -0.2) is 20.2 Å². The summed E-state index contributed by atoms with van der Waals surface area (Å²) in [6, 6.07) is 6.99. The number of sulfonamides is 1. The number of rotatable bonds is 2. The van der Waals surface area contributed by atoms with Gasteiger partial charge in [0.05, 0.1) is 11.8 Å². The molecule has 1 aromatic rings. The van der Waals surface area contributed by atoms with Gasteiger partial charge in [0.1, 0.15) is 0 Å². The number of anilines is 2. The summed E-state index contributed by atoms with van der Waals surface area (Å²) in [4.78, 5) is 0. The van der Waals surface area contributed by atoms with Gasteiger partial charge in [-0.2, -0.15) is 5.26 Å². The number of nitriles is 1. The molecule has 2 N–H and O–H groups in total. The van der Waals surface area contributed by atoms with Gasteiger partial charge in [0.15, 0.2) is 5.25 Å². The van der Waals surface area contributed by atoms with Gasteiger partial charge in [-0.15, -0.1) is 0 Å². The van der Waals surface area contributed by atoms with Gasteiger partial charge in [0.2, 0.25) is 0 Å². The third kappa shape index (κ3) is 1.83. The van der Waals surface area contributed by atoms with Gasteiger partial charge in [0, 0.05) is 12.2 Å². The van der Waals surface area contributed by atoms with E-state index in [1.165, 1.54) is 11.2 Å². The van der Waals surface area contributed by atoms with Crippen molar-refractivity contribution in [3.63, 3.8) is 0 Å². The number of hydrogen-bond donors (Lipinski definition) is 1. The van der Waals surface area contributed by atoms with Crippen LogP contribution in [0.5, 0.6) is 0 Å². The Kier molecular flexibility index (Phi) is 2.71. The van der Waals surface area contributed by atoms with Gasteiger partial charge in [-0.3, -0.25) is 4.31 Å². The van der Waals surface area contributed by atoms with Crippen molar-refractivity contribution < 1.29 is 8.42 Å². The maximum absolute atomic E-state index is 12.1. The van der Waals surface area contributed by atoms with Gasteiger partial charge in [-0.25, -0.2) is 8.42 Å². The van der Waals surface area contributed by atoms with Crippen molar-refractivity contribution in [2.24, 2.45) is 0 Å². The molecule has 0 fully saturated rings. The van der Waals surface area contributed by atoms with E-state index in [-0.39, 0.29) is 0 Å². The third-order valence-electron chi connectivity index (χ3n) is 2.90. The van der Waals surface area contributed by atoms with Crippen LogP contribution >= 0.6 is 0 Å². The first kappa shape index (κ1) is 11.7. The predicted molar refractivity (Wildman–Crippen MR) is 65.9 cm³/mol. The normalized spacial score (nSPS) is 16.4. The summed E-state index contributed by atoms with van der Waals surface area (Å²) in [6.07, 6.45) is 0.660. The number of nitrogens with zero attached hydrogens (tertiary/aromatic N) is 2. The largest absolute Gasteiger partial charge is 0.399 e. The molecule has 1 aromatic carbocycles. The minimum atomic E-state index is -3.60. The summed E-state index contributed by atoms with van der Waals surface area (Å²) >= 11 is 0. The first-order valence-electron chi connectivity index (χ1n) is 5.26. The van der Waals surface area contributed by atoms with Gasteiger partial charge >= 0.3 is 0 Å². The summed E-state index contributed by atoms with van der Waals surface area (Å²) in [6.45, 7) is 1.77. The Morgan fingerprint density at radius 3 is 2.88 bits per heavy atom. The Morgan fingerprint density at radius 2 is 2.24 bits per heavy atom. The molecule has 1 heterocycles. The molecule has 0 spiro atoms. The molecule has 0 bridgehead atoms. The highest BCUT2D eigenvalue weighted by atomic mass is 32.2. The van der Waals surface area contributed by atoms with E-state index in [1.54, 1.807) is 18.2 Å². The molecule has 0 aliphatic carbocycles. The van der Waals surface area contributed by atoms with Crippen LogP contribution in [0.15, 0.2) is 18.2 Å². The Hall–Kier alpha value is -1.74. The molecule has 17 heavy (non-hydrogen) atoms. The van der Waals surface area contributed by atoms with Crippen molar-refractivity contribution in [2.75, 3.05) is 16.6 Å². The standard InChI is InChI=1S/C11H13N3O2S/c1-8(7-12)17(15,16)14-5-4-9-2-3-10(13)6-11(9)14/h2-3,6,8H,4-5,13H2,1H3. The average Bonchev–Trinajstić information content (AvgIpc) is 2.71. The summed E-state index contributed by atoms with van der Waals surface area (Å²) in [5.41, 5.74) is 7.74. The van der Waals surface area contributed by atoms with E-state index in [1.807, 2.05) is 6.07 Å². The summed E-state index contributed by atoms with van der Waals surface area (Å²) < 4.78 is 25.5. The lowest BCUT2D eigenvalue weighted by Crippen LogP contribution is -2.35. The second-order valence-corrected chi connectivity index (χ2v) is 6.20. The Labute approximate surface area is 101 Å². The highest BCUT2D eigenvalue weighted by Gasteiger charge is 2.33. The van der Waals surface area contributed by atoms with Crippen LogP contribution in [0.3, 0.4) is 0 Å². The second kappa shape index (κ2) is 3.93. The fourth-order valence-corrected chi connectivity index (χ4v) is 3.19. The van der Waals surface area contributed by atoms with Gasteiger partial charge < -0.3 is 5.73 Å². The number of benzene rings is 1. The zero-order valence-corrected chi connectivity index (χ0v) is 10.2. The summed E-state index contributed by atoms with van der Waals surface area (Å²) in [7, 11) is -3.60. The van der Waals surface area contributed by atoms with Crippen molar-refractivity contribution in [1.29, 1.82) is 5.26 Å². The predicted octanol–water partition coefficient (Wildman–Crippen LogP) is 0.873. The van der Waals surface area contributed by atoms with Crippen LogP contribution in [0, 0.1) is 11.3 Å². The molecule has 2 rings (SSSR count). The minimum Gasteiger partial charge on any atom is -0.399 e. The molecule has 1 aliphatic rings. The summed E-state index contributed by atoms with van der Waals surface area (Å²) in [5.74, 6) is 0. The number of nitrogens with two attached hydrogens (primary N) is 1. The van der Waals surface area contributed by atoms with Crippen molar-refractivity contribution in [3.05, 3.63) is 23.8 Å². The molecular weight excluding hydrogens is 238 g/mol.